The second kappa shape index (κ2) is 4.47. The van der Waals surface area contributed by atoms with Crippen LogP contribution in [0.5, 0.6) is 5.75 Å². The van der Waals surface area contributed by atoms with Crippen LogP contribution in [-0.4, -0.2) is 4.98 Å². The Morgan fingerprint density at radius 3 is 2.93 bits per heavy atom. The lowest BCUT2D eigenvalue weighted by atomic mass is 10.1. The summed E-state index contributed by atoms with van der Waals surface area (Å²) < 4.78 is 5.65. The first-order valence-electron chi connectivity index (χ1n) is 4.85. The fourth-order valence-corrected chi connectivity index (χ4v) is 1.41. The van der Waals surface area contributed by atoms with E-state index in [-0.39, 0.29) is 0 Å². The third kappa shape index (κ3) is 2.26. The predicted molar refractivity (Wildman–Crippen MR) is 59.1 cm³/mol. The van der Waals surface area contributed by atoms with E-state index in [1.165, 1.54) is 0 Å². The van der Waals surface area contributed by atoms with E-state index in [9.17, 15) is 0 Å². The highest BCUT2D eigenvalue weighted by atomic mass is 16.5. The summed E-state index contributed by atoms with van der Waals surface area (Å²) in [6.07, 6.45) is 14.8. The fourth-order valence-electron chi connectivity index (χ4n) is 1.41. The van der Waals surface area contributed by atoms with Crippen molar-refractivity contribution in [1.82, 2.24) is 4.98 Å². The van der Waals surface area contributed by atoms with Gasteiger partial charge in [-0.25, -0.2) is 0 Å². The molecule has 0 aromatic carbocycles. The molecule has 0 N–H and O–H groups in total. The van der Waals surface area contributed by atoms with Crippen LogP contribution in [0, 0.1) is 12.3 Å². The summed E-state index contributed by atoms with van der Waals surface area (Å²) in [5, 5.41) is 0. The van der Waals surface area contributed by atoms with E-state index >= 15 is 0 Å². The number of aromatic nitrogens is 1. The van der Waals surface area contributed by atoms with E-state index in [0.29, 0.717) is 5.75 Å². The third-order valence-corrected chi connectivity index (χ3v) is 2.13. The van der Waals surface area contributed by atoms with Crippen LogP contribution in [0.15, 0.2) is 48.0 Å². The summed E-state index contributed by atoms with van der Waals surface area (Å²) >= 11 is 0. The zero-order valence-corrected chi connectivity index (χ0v) is 8.31. The van der Waals surface area contributed by atoms with Crippen molar-refractivity contribution in [2.45, 2.75) is 12.8 Å². The highest BCUT2D eigenvalue weighted by molar-refractivity contribution is 5.44. The number of nitrogens with zero attached hydrogens (tertiary/aromatic N) is 1. The van der Waals surface area contributed by atoms with Crippen molar-refractivity contribution in [2.24, 2.45) is 0 Å². The molecular formula is C13H11NO. The van der Waals surface area contributed by atoms with Gasteiger partial charge in [-0.05, 0) is 31.1 Å². The molecule has 15 heavy (non-hydrogen) atoms. The molecule has 0 unspecified atom stereocenters. The standard InChI is InChI=1S/C13H11NO/c1-2-11-6-3-4-8-13(11)15-12-7-5-9-14-10-12/h1,5-10H,3-4H2. The average molecular weight is 197 g/mol. The van der Waals surface area contributed by atoms with Crippen LogP contribution in [0.1, 0.15) is 12.8 Å². The maximum absolute atomic E-state index is 5.65. The lowest BCUT2D eigenvalue weighted by Gasteiger charge is -2.12. The van der Waals surface area contributed by atoms with Crippen LogP contribution in [-0.2, 0) is 0 Å². The topological polar surface area (TPSA) is 22.1 Å². The molecule has 0 bridgehead atoms. The lowest BCUT2D eigenvalue weighted by Crippen LogP contribution is -2.01. The van der Waals surface area contributed by atoms with Gasteiger partial charge in [0.15, 0.2) is 0 Å². The summed E-state index contributed by atoms with van der Waals surface area (Å²) in [6.45, 7) is 0. The molecule has 2 rings (SSSR count). The molecule has 0 saturated heterocycles. The Morgan fingerprint density at radius 2 is 2.20 bits per heavy atom. The molecule has 0 atom stereocenters. The van der Waals surface area contributed by atoms with Gasteiger partial charge in [-0.15, -0.1) is 6.42 Å². The number of hydrogen-bond donors (Lipinski definition) is 0. The molecule has 1 aromatic rings. The molecule has 0 spiro atoms. The molecule has 0 amide bonds. The van der Waals surface area contributed by atoms with Gasteiger partial charge in [0.25, 0.3) is 0 Å². The Morgan fingerprint density at radius 1 is 1.33 bits per heavy atom. The number of rotatable bonds is 2. The molecule has 1 aromatic heterocycles. The van der Waals surface area contributed by atoms with Gasteiger partial charge < -0.3 is 4.74 Å². The van der Waals surface area contributed by atoms with Gasteiger partial charge >= 0.3 is 0 Å². The molecule has 1 aliphatic rings. The highest BCUT2D eigenvalue weighted by Crippen LogP contribution is 2.21. The van der Waals surface area contributed by atoms with Crippen LogP contribution in [0.4, 0.5) is 0 Å². The molecule has 2 heteroatoms. The van der Waals surface area contributed by atoms with Gasteiger partial charge in [0.1, 0.15) is 11.5 Å². The van der Waals surface area contributed by atoms with Crippen LogP contribution in [0.2, 0.25) is 0 Å². The number of allylic oxidation sites excluding steroid dienone is 3. The van der Waals surface area contributed by atoms with Gasteiger partial charge in [-0.1, -0.05) is 12.0 Å². The van der Waals surface area contributed by atoms with Gasteiger partial charge in [0.05, 0.1) is 11.8 Å². The van der Waals surface area contributed by atoms with E-state index in [1.54, 1.807) is 12.4 Å². The quantitative estimate of drug-likeness (QED) is 0.680. The number of pyridine rings is 1. The monoisotopic (exact) mass is 197 g/mol. The molecule has 0 radical (unpaired) electrons. The smallest absolute Gasteiger partial charge is 0.145 e. The largest absolute Gasteiger partial charge is 0.455 e. The molecule has 0 saturated carbocycles. The minimum atomic E-state index is 0.715. The van der Waals surface area contributed by atoms with Gasteiger partial charge in [-0.2, -0.15) is 0 Å². The molecular weight excluding hydrogens is 186 g/mol. The molecule has 74 valence electrons. The van der Waals surface area contributed by atoms with Crippen molar-refractivity contribution in [3.8, 4) is 18.1 Å². The Balaban J connectivity index is 2.16. The van der Waals surface area contributed by atoms with Crippen molar-refractivity contribution < 1.29 is 4.74 Å². The SMILES string of the molecule is C#CC1=CCCC=C1Oc1cccnc1. The van der Waals surface area contributed by atoms with Crippen molar-refractivity contribution >= 4 is 0 Å². The van der Waals surface area contributed by atoms with Crippen LogP contribution in [0.3, 0.4) is 0 Å². The zero-order chi connectivity index (χ0) is 10.5. The number of terminal acetylenes is 1. The fraction of sp³-hybridized carbons (Fsp3) is 0.154. The summed E-state index contributed by atoms with van der Waals surface area (Å²) in [5.74, 6) is 4.10. The lowest BCUT2D eigenvalue weighted by molar-refractivity contribution is 0.432. The predicted octanol–water partition coefficient (Wildman–Crippen LogP) is 2.70. The first kappa shape index (κ1) is 9.54. The molecule has 0 aliphatic heterocycles. The normalized spacial score (nSPS) is 14.9. The van der Waals surface area contributed by atoms with Crippen LogP contribution in [0.25, 0.3) is 0 Å². The summed E-state index contributed by atoms with van der Waals surface area (Å²) in [5.41, 5.74) is 0.824. The van der Waals surface area contributed by atoms with E-state index in [4.69, 9.17) is 11.2 Å². The first-order valence-corrected chi connectivity index (χ1v) is 4.85. The molecule has 1 heterocycles. The maximum atomic E-state index is 5.65. The third-order valence-electron chi connectivity index (χ3n) is 2.13. The minimum Gasteiger partial charge on any atom is -0.455 e. The highest BCUT2D eigenvalue weighted by Gasteiger charge is 2.08. The number of ether oxygens (including phenoxy) is 1. The zero-order valence-electron chi connectivity index (χ0n) is 8.31. The van der Waals surface area contributed by atoms with Gasteiger partial charge in [0.2, 0.25) is 0 Å². The molecule has 0 fully saturated rings. The van der Waals surface area contributed by atoms with Crippen molar-refractivity contribution in [1.29, 1.82) is 0 Å². The first-order chi connectivity index (χ1) is 7.40. The van der Waals surface area contributed by atoms with Gasteiger partial charge in [-0.3, -0.25) is 4.98 Å². The van der Waals surface area contributed by atoms with Crippen molar-refractivity contribution in [2.75, 3.05) is 0 Å². The number of hydrogen-bond acceptors (Lipinski definition) is 2. The Bertz CT molecular complexity index is 437. The van der Waals surface area contributed by atoms with E-state index in [2.05, 4.69) is 10.9 Å². The van der Waals surface area contributed by atoms with Crippen molar-refractivity contribution in [3.63, 3.8) is 0 Å². The van der Waals surface area contributed by atoms with Gasteiger partial charge in [0, 0.05) is 6.20 Å². The second-order valence-corrected chi connectivity index (χ2v) is 3.20. The van der Waals surface area contributed by atoms with Crippen molar-refractivity contribution in [3.05, 3.63) is 48.0 Å². The average Bonchev–Trinajstić information content (AvgIpc) is 2.31. The second-order valence-electron chi connectivity index (χ2n) is 3.20. The summed E-state index contributed by atoms with van der Waals surface area (Å²) in [7, 11) is 0. The summed E-state index contributed by atoms with van der Waals surface area (Å²) in [6, 6.07) is 3.69. The summed E-state index contributed by atoms with van der Waals surface area (Å²) in [4.78, 5) is 3.98. The van der Waals surface area contributed by atoms with Crippen LogP contribution >= 0.6 is 0 Å². The van der Waals surface area contributed by atoms with Crippen LogP contribution < -0.4 is 4.74 Å². The Kier molecular flexibility index (Phi) is 2.85. The molecule has 1 aliphatic carbocycles. The molecule has 2 nitrogen and oxygen atoms in total. The Labute approximate surface area is 89.3 Å². The Hall–Kier alpha value is -2.01. The van der Waals surface area contributed by atoms with E-state index in [0.717, 1.165) is 24.2 Å². The maximum Gasteiger partial charge on any atom is 0.145 e. The minimum absolute atomic E-state index is 0.715. The van der Waals surface area contributed by atoms with E-state index in [1.807, 2.05) is 24.3 Å². The van der Waals surface area contributed by atoms with E-state index < -0.39 is 0 Å².